The summed E-state index contributed by atoms with van der Waals surface area (Å²) >= 11 is 6.33. The van der Waals surface area contributed by atoms with Gasteiger partial charge in [0.05, 0.1) is 22.4 Å². The fourth-order valence-electron chi connectivity index (χ4n) is 2.41. The summed E-state index contributed by atoms with van der Waals surface area (Å²) in [5.74, 6) is -0.326. The second-order valence-electron chi connectivity index (χ2n) is 4.89. The fraction of sp³-hybridized carbons (Fsp3) is 0.231. The Bertz CT molecular complexity index is 838. The van der Waals surface area contributed by atoms with Crippen LogP contribution in [0.4, 0.5) is 5.69 Å². The molecule has 3 rings (SSSR count). The molecule has 2 aromatic rings. The minimum absolute atomic E-state index is 0.00257. The summed E-state index contributed by atoms with van der Waals surface area (Å²) in [5, 5.41) is 5.30. The molecule has 0 radical (unpaired) electrons. The molecule has 0 saturated carbocycles. The molecule has 1 aliphatic heterocycles. The lowest BCUT2D eigenvalue weighted by molar-refractivity contribution is -0.117. The number of carbonyl (C=O) groups excluding carboxylic acids is 1. The Morgan fingerprint density at radius 1 is 1.33 bits per heavy atom. The Kier molecular flexibility index (Phi) is 3.35. The third-order valence-electron chi connectivity index (χ3n) is 3.54. The van der Waals surface area contributed by atoms with Crippen molar-refractivity contribution in [2.45, 2.75) is 11.7 Å². The highest BCUT2D eigenvalue weighted by Gasteiger charge is 2.38. The minimum atomic E-state index is -3.76. The van der Waals surface area contributed by atoms with Crippen LogP contribution in [0.3, 0.4) is 0 Å². The van der Waals surface area contributed by atoms with Gasteiger partial charge in [0.25, 0.3) is 0 Å². The Balaban J connectivity index is 2.05. The monoisotopic (exact) mass is 325 g/mol. The number of sulfonamides is 1. The molecule has 1 amide bonds. The lowest BCUT2D eigenvalue weighted by Crippen LogP contribution is -2.32. The number of nitrogens with zero attached hydrogens (tertiary/aromatic N) is 2. The number of rotatable bonds is 2. The molecule has 0 aliphatic carbocycles. The molecule has 0 bridgehead atoms. The first-order valence-electron chi connectivity index (χ1n) is 6.23. The number of benzene rings is 1. The normalized spacial score (nSPS) is 19.4. The molecular formula is C13H12ClN3O3S. The van der Waals surface area contributed by atoms with Crippen molar-refractivity contribution in [3.63, 3.8) is 0 Å². The first kappa shape index (κ1) is 14.2. The van der Waals surface area contributed by atoms with E-state index in [0.29, 0.717) is 21.6 Å². The van der Waals surface area contributed by atoms with E-state index in [4.69, 9.17) is 16.7 Å². The number of fused-ring (bicyclic) bond motifs is 1. The Morgan fingerprint density at radius 2 is 2.05 bits per heavy atom. The van der Waals surface area contributed by atoms with E-state index >= 15 is 0 Å². The summed E-state index contributed by atoms with van der Waals surface area (Å²) in [4.78, 5) is 17.6. The van der Waals surface area contributed by atoms with Crippen molar-refractivity contribution in [1.29, 1.82) is 0 Å². The van der Waals surface area contributed by atoms with Gasteiger partial charge in [-0.2, -0.15) is 0 Å². The average Bonchev–Trinajstić information content (AvgIpc) is 2.82. The predicted molar refractivity (Wildman–Crippen MR) is 80.6 cm³/mol. The van der Waals surface area contributed by atoms with Crippen LogP contribution < -0.4 is 10.0 Å². The zero-order valence-electron chi connectivity index (χ0n) is 10.9. The summed E-state index contributed by atoms with van der Waals surface area (Å²) in [6.07, 6.45) is 1.34. The van der Waals surface area contributed by atoms with Crippen LogP contribution in [0.25, 0.3) is 10.9 Å². The third kappa shape index (κ3) is 2.48. The van der Waals surface area contributed by atoms with Crippen LogP contribution in [0.5, 0.6) is 0 Å². The van der Waals surface area contributed by atoms with Crippen molar-refractivity contribution < 1.29 is 13.2 Å². The first-order chi connectivity index (χ1) is 9.88. The van der Waals surface area contributed by atoms with Gasteiger partial charge in [-0.3, -0.25) is 9.78 Å². The molecule has 6 nitrogen and oxygen atoms in total. The molecule has 2 N–H and O–H groups in total. The number of primary sulfonamides is 1. The van der Waals surface area contributed by atoms with Crippen LogP contribution in [0.15, 0.2) is 30.5 Å². The van der Waals surface area contributed by atoms with E-state index in [2.05, 4.69) is 4.98 Å². The van der Waals surface area contributed by atoms with Crippen molar-refractivity contribution in [2.75, 3.05) is 11.4 Å². The van der Waals surface area contributed by atoms with Gasteiger partial charge in [-0.05, 0) is 6.07 Å². The molecule has 8 heteroatoms. The van der Waals surface area contributed by atoms with Crippen LogP contribution in [-0.4, -0.2) is 31.1 Å². The van der Waals surface area contributed by atoms with E-state index < -0.39 is 15.3 Å². The highest BCUT2D eigenvalue weighted by molar-refractivity contribution is 7.89. The summed E-state index contributed by atoms with van der Waals surface area (Å²) in [6, 6.07) is 7.26. The number of carbonyl (C=O) groups is 1. The molecule has 1 saturated heterocycles. The standard InChI is InChI=1S/C13H12ClN3O3S/c14-13-9-3-1-2-4-10(9)16-6-11(13)17-7-8(5-12(17)18)21(15,19)20/h1-4,6,8H,5,7H2,(H2,15,19,20). The van der Waals surface area contributed by atoms with Gasteiger partial charge in [0.15, 0.2) is 0 Å². The molecule has 0 spiro atoms. The van der Waals surface area contributed by atoms with Gasteiger partial charge in [0.1, 0.15) is 5.25 Å². The van der Waals surface area contributed by atoms with Crippen molar-refractivity contribution in [3.8, 4) is 0 Å². The smallest absolute Gasteiger partial charge is 0.228 e. The SMILES string of the molecule is NS(=O)(=O)C1CC(=O)N(c2cnc3ccccc3c2Cl)C1. The van der Waals surface area contributed by atoms with E-state index in [0.717, 1.165) is 0 Å². The predicted octanol–water partition coefficient (Wildman–Crippen LogP) is 1.28. The third-order valence-corrected chi connectivity index (χ3v) is 5.18. The summed E-state index contributed by atoms with van der Waals surface area (Å²) in [6.45, 7) is -0.00257. The van der Waals surface area contributed by atoms with Crippen molar-refractivity contribution >= 4 is 44.1 Å². The number of hydrogen-bond acceptors (Lipinski definition) is 4. The van der Waals surface area contributed by atoms with E-state index in [1.54, 1.807) is 6.07 Å². The summed E-state index contributed by atoms with van der Waals surface area (Å²) in [5.41, 5.74) is 1.12. The van der Waals surface area contributed by atoms with Crippen molar-refractivity contribution in [1.82, 2.24) is 4.98 Å². The minimum Gasteiger partial charge on any atom is -0.308 e. The maximum absolute atomic E-state index is 12.0. The second-order valence-corrected chi connectivity index (χ2v) is 7.12. The molecule has 21 heavy (non-hydrogen) atoms. The Labute approximate surface area is 126 Å². The number of aromatic nitrogens is 1. The van der Waals surface area contributed by atoms with Gasteiger partial charge in [-0.1, -0.05) is 29.8 Å². The van der Waals surface area contributed by atoms with Gasteiger partial charge < -0.3 is 4.90 Å². The Hall–Kier alpha value is -1.70. The number of amides is 1. The fourth-order valence-corrected chi connectivity index (χ4v) is 3.46. The molecule has 2 heterocycles. The van der Waals surface area contributed by atoms with Gasteiger partial charge in [-0.15, -0.1) is 0 Å². The average molecular weight is 326 g/mol. The molecular weight excluding hydrogens is 314 g/mol. The molecule has 110 valence electrons. The highest BCUT2D eigenvalue weighted by Crippen LogP contribution is 2.34. The van der Waals surface area contributed by atoms with Crippen molar-refractivity contribution in [2.24, 2.45) is 5.14 Å². The summed E-state index contributed by atoms with van der Waals surface area (Å²) in [7, 11) is -3.76. The van der Waals surface area contributed by atoms with Crippen LogP contribution in [0.2, 0.25) is 5.02 Å². The molecule has 1 aliphatic rings. The van der Waals surface area contributed by atoms with E-state index in [9.17, 15) is 13.2 Å². The van der Waals surface area contributed by atoms with E-state index in [-0.39, 0.29) is 18.9 Å². The van der Waals surface area contributed by atoms with Gasteiger partial charge >= 0.3 is 0 Å². The van der Waals surface area contributed by atoms with Crippen LogP contribution in [0, 0.1) is 0 Å². The summed E-state index contributed by atoms with van der Waals surface area (Å²) < 4.78 is 22.8. The number of anilines is 1. The van der Waals surface area contributed by atoms with Crippen LogP contribution >= 0.6 is 11.6 Å². The number of hydrogen-bond donors (Lipinski definition) is 1. The van der Waals surface area contributed by atoms with E-state index in [1.165, 1.54) is 11.1 Å². The zero-order valence-corrected chi connectivity index (χ0v) is 12.4. The number of para-hydroxylation sites is 1. The molecule has 1 unspecified atom stereocenters. The zero-order chi connectivity index (χ0) is 15.2. The topological polar surface area (TPSA) is 93.4 Å². The highest BCUT2D eigenvalue weighted by atomic mass is 35.5. The maximum Gasteiger partial charge on any atom is 0.228 e. The quantitative estimate of drug-likeness (QED) is 0.900. The lowest BCUT2D eigenvalue weighted by atomic mass is 10.2. The number of nitrogens with two attached hydrogens (primary N) is 1. The molecule has 1 atom stereocenters. The molecule has 1 aromatic heterocycles. The van der Waals surface area contributed by atoms with E-state index in [1.807, 2.05) is 18.2 Å². The maximum atomic E-state index is 12.0. The van der Waals surface area contributed by atoms with Gasteiger partial charge in [0.2, 0.25) is 15.9 Å². The first-order valence-corrected chi connectivity index (χ1v) is 8.22. The van der Waals surface area contributed by atoms with Crippen LogP contribution in [0.1, 0.15) is 6.42 Å². The van der Waals surface area contributed by atoms with Crippen LogP contribution in [-0.2, 0) is 14.8 Å². The van der Waals surface area contributed by atoms with Gasteiger partial charge in [-0.25, -0.2) is 13.6 Å². The largest absolute Gasteiger partial charge is 0.308 e. The molecule has 1 aromatic carbocycles. The number of pyridine rings is 1. The lowest BCUT2D eigenvalue weighted by Gasteiger charge is -2.18. The Morgan fingerprint density at radius 3 is 2.71 bits per heavy atom. The van der Waals surface area contributed by atoms with Crippen molar-refractivity contribution in [3.05, 3.63) is 35.5 Å². The van der Waals surface area contributed by atoms with Gasteiger partial charge in [0, 0.05) is 18.4 Å². The number of halogens is 1. The second kappa shape index (κ2) is 4.94. The molecule has 1 fully saturated rings.